The lowest BCUT2D eigenvalue weighted by atomic mass is 9.97. The number of hydrogen-bond acceptors (Lipinski definition) is 3. The molecule has 3 heterocycles. The van der Waals surface area contributed by atoms with Crippen LogP contribution in [0.3, 0.4) is 0 Å². The summed E-state index contributed by atoms with van der Waals surface area (Å²) in [5.74, 6) is -0.186. The number of nitrogens with one attached hydrogen (secondary N) is 1. The molecule has 1 atom stereocenters. The monoisotopic (exact) mass is 435 g/mol. The van der Waals surface area contributed by atoms with E-state index in [1.54, 1.807) is 42.2 Å². The van der Waals surface area contributed by atoms with Crippen molar-refractivity contribution in [1.29, 1.82) is 0 Å². The van der Waals surface area contributed by atoms with E-state index < -0.39 is 0 Å². The van der Waals surface area contributed by atoms with Gasteiger partial charge in [0.25, 0.3) is 5.91 Å². The van der Waals surface area contributed by atoms with Crippen LogP contribution in [0.4, 0.5) is 8.78 Å². The Hall–Kier alpha value is -3.55. The van der Waals surface area contributed by atoms with Crippen molar-refractivity contribution in [2.24, 2.45) is 7.05 Å². The number of likely N-dealkylation sites (tertiary alicyclic amines) is 1. The van der Waals surface area contributed by atoms with E-state index >= 15 is 0 Å². The molecule has 0 aliphatic carbocycles. The second kappa shape index (κ2) is 8.18. The Morgan fingerprint density at radius 3 is 2.75 bits per heavy atom. The third kappa shape index (κ3) is 3.77. The molecular formula is C24H23F2N5O. The van der Waals surface area contributed by atoms with Gasteiger partial charge in [0.15, 0.2) is 11.5 Å². The van der Waals surface area contributed by atoms with Crippen LogP contribution in [0.15, 0.2) is 48.7 Å². The van der Waals surface area contributed by atoms with E-state index in [2.05, 4.69) is 15.1 Å². The summed E-state index contributed by atoms with van der Waals surface area (Å²) in [5.41, 5.74) is 2.73. The van der Waals surface area contributed by atoms with Crippen molar-refractivity contribution in [3.8, 4) is 11.1 Å². The van der Waals surface area contributed by atoms with Crippen molar-refractivity contribution < 1.29 is 13.6 Å². The molecule has 6 nitrogen and oxygen atoms in total. The molecule has 1 aliphatic rings. The van der Waals surface area contributed by atoms with Crippen LogP contribution in [-0.2, 0) is 13.5 Å². The smallest absolute Gasteiger partial charge is 0.275 e. The predicted molar refractivity (Wildman–Crippen MR) is 117 cm³/mol. The Kier molecular flexibility index (Phi) is 5.20. The van der Waals surface area contributed by atoms with Crippen LogP contribution in [0, 0.1) is 11.6 Å². The maximum absolute atomic E-state index is 14.1. The fourth-order valence-corrected chi connectivity index (χ4v) is 4.47. The van der Waals surface area contributed by atoms with Crippen molar-refractivity contribution in [2.45, 2.75) is 31.7 Å². The third-order valence-corrected chi connectivity index (χ3v) is 6.02. The zero-order valence-corrected chi connectivity index (χ0v) is 17.7. The number of hydrogen-bond donors (Lipinski definition) is 1. The Labute approximate surface area is 183 Å². The second-order valence-corrected chi connectivity index (χ2v) is 8.24. The lowest BCUT2D eigenvalue weighted by Crippen LogP contribution is -2.45. The highest BCUT2D eigenvalue weighted by atomic mass is 19.1. The van der Waals surface area contributed by atoms with Gasteiger partial charge < -0.3 is 9.88 Å². The highest BCUT2D eigenvalue weighted by Gasteiger charge is 2.31. The van der Waals surface area contributed by atoms with Crippen LogP contribution in [-0.4, -0.2) is 43.1 Å². The van der Waals surface area contributed by atoms with Gasteiger partial charge in [-0.15, -0.1) is 0 Å². The largest absolute Gasteiger partial charge is 0.342 e. The molecule has 4 aromatic rings. The molecular weight excluding hydrogens is 412 g/mol. The lowest BCUT2D eigenvalue weighted by molar-refractivity contribution is 0.0605. The molecule has 0 spiro atoms. The maximum Gasteiger partial charge on any atom is 0.275 e. The number of carbonyl (C=O) groups excluding carboxylic acids is 1. The Balaban J connectivity index is 1.44. The summed E-state index contributed by atoms with van der Waals surface area (Å²) in [6.45, 7) is 0.623. The number of aromatic amines is 1. The average molecular weight is 435 g/mol. The van der Waals surface area contributed by atoms with Crippen LogP contribution in [0.1, 0.15) is 35.6 Å². The number of amides is 1. The van der Waals surface area contributed by atoms with Gasteiger partial charge in [-0.3, -0.25) is 9.48 Å². The third-order valence-electron chi connectivity index (χ3n) is 6.02. The van der Waals surface area contributed by atoms with Gasteiger partial charge >= 0.3 is 0 Å². The number of aromatic nitrogens is 4. The first-order valence-electron chi connectivity index (χ1n) is 10.7. The zero-order valence-electron chi connectivity index (χ0n) is 17.7. The molecule has 0 bridgehead atoms. The van der Waals surface area contributed by atoms with Gasteiger partial charge in [0.2, 0.25) is 0 Å². The minimum absolute atomic E-state index is 0.0667. The first kappa shape index (κ1) is 20.4. The van der Waals surface area contributed by atoms with E-state index in [4.69, 9.17) is 0 Å². The molecule has 1 aliphatic heterocycles. The topological polar surface area (TPSA) is 66.8 Å². The summed E-state index contributed by atoms with van der Waals surface area (Å²) in [6.07, 6.45) is 5.05. The van der Waals surface area contributed by atoms with Gasteiger partial charge in [0.1, 0.15) is 17.2 Å². The van der Waals surface area contributed by atoms with Gasteiger partial charge in [-0.25, -0.2) is 13.8 Å². The molecule has 1 fully saturated rings. The van der Waals surface area contributed by atoms with Gasteiger partial charge in [0.05, 0.1) is 5.52 Å². The normalized spacial score (nSPS) is 16.6. The van der Waals surface area contributed by atoms with E-state index in [-0.39, 0.29) is 23.6 Å². The second-order valence-electron chi connectivity index (χ2n) is 8.24. The molecule has 32 heavy (non-hydrogen) atoms. The summed E-state index contributed by atoms with van der Waals surface area (Å²) in [7, 11) is 1.76. The number of carbonyl (C=O) groups is 1. The number of fused-ring (bicyclic) bond motifs is 1. The van der Waals surface area contributed by atoms with Crippen LogP contribution in [0.5, 0.6) is 0 Å². The highest BCUT2D eigenvalue weighted by molar-refractivity contribution is 5.99. The van der Waals surface area contributed by atoms with Crippen LogP contribution in [0.25, 0.3) is 22.2 Å². The summed E-state index contributed by atoms with van der Waals surface area (Å²) < 4.78 is 29.0. The summed E-state index contributed by atoms with van der Waals surface area (Å²) >= 11 is 0. The molecule has 1 amide bonds. The molecule has 1 N–H and O–H groups in total. The molecule has 2 aromatic heterocycles. The van der Waals surface area contributed by atoms with Crippen LogP contribution in [0.2, 0.25) is 0 Å². The zero-order chi connectivity index (χ0) is 22.2. The van der Waals surface area contributed by atoms with Crippen molar-refractivity contribution >= 4 is 16.9 Å². The number of aryl methyl sites for hydroxylation is 1. The quantitative estimate of drug-likeness (QED) is 0.514. The molecule has 0 saturated carbocycles. The lowest BCUT2D eigenvalue weighted by Gasteiger charge is -2.35. The number of H-pyrrole nitrogens is 1. The van der Waals surface area contributed by atoms with E-state index in [9.17, 15) is 13.6 Å². The van der Waals surface area contributed by atoms with Crippen LogP contribution >= 0.6 is 0 Å². The maximum atomic E-state index is 14.1. The van der Waals surface area contributed by atoms with Gasteiger partial charge in [-0.05, 0) is 49.1 Å². The molecule has 1 unspecified atom stereocenters. The Bertz CT molecular complexity index is 1280. The molecule has 0 radical (unpaired) electrons. The SMILES string of the molecule is Cn1cc(-c2ccc(F)cc2)c(C(=O)N2CCCCC2Cc2nc3c(F)cccc3[nH]2)n1. The van der Waals surface area contributed by atoms with Crippen molar-refractivity contribution in [1.82, 2.24) is 24.6 Å². The molecule has 164 valence electrons. The molecule has 5 rings (SSSR count). The fraction of sp³-hybridized carbons (Fsp3) is 0.292. The molecule has 8 heteroatoms. The Morgan fingerprint density at radius 2 is 1.97 bits per heavy atom. The molecule has 1 saturated heterocycles. The fourth-order valence-electron chi connectivity index (χ4n) is 4.47. The van der Waals surface area contributed by atoms with Crippen LogP contribution < -0.4 is 0 Å². The number of imidazole rings is 1. The number of nitrogens with zero attached hydrogens (tertiary/aromatic N) is 4. The first-order chi connectivity index (χ1) is 15.5. The van der Waals surface area contributed by atoms with Gasteiger partial charge in [0, 0.05) is 37.8 Å². The Morgan fingerprint density at radius 1 is 1.16 bits per heavy atom. The van der Waals surface area contributed by atoms with E-state index in [0.717, 1.165) is 24.8 Å². The minimum Gasteiger partial charge on any atom is -0.342 e. The van der Waals surface area contributed by atoms with E-state index in [1.807, 2.05) is 4.90 Å². The number of para-hydroxylation sites is 1. The highest BCUT2D eigenvalue weighted by Crippen LogP contribution is 2.28. The number of piperidine rings is 1. The summed E-state index contributed by atoms with van der Waals surface area (Å²) in [5, 5.41) is 4.43. The number of halogens is 2. The standard InChI is InChI=1S/C24H23F2N5O/c1-30-14-18(15-8-10-16(25)11-9-15)22(29-30)24(32)31-12-3-2-5-17(31)13-21-27-20-7-4-6-19(26)23(20)28-21/h4,6-11,14,17H,2-3,5,12-13H2,1H3,(H,27,28). The van der Waals surface area contributed by atoms with Crippen molar-refractivity contribution in [3.63, 3.8) is 0 Å². The van der Waals surface area contributed by atoms with Gasteiger partial charge in [-0.1, -0.05) is 18.2 Å². The number of benzene rings is 2. The number of rotatable bonds is 4. The molecule has 2 aromatic carbocycles. The van der Waals surface area contributed by atoms with Gasteiger partial charge in [-0.2, -0.15) is 5.10 Å². The average Bonchev–Trinajstić information content (AvgIpc) is 3.38. The summed E-state index contributed by atoms with van der Waals surface area (Å²) in [4.78, 5) is 23.0. The van der Waals surface area contributed by atoms with E-state index in [0.29, 0.717) is 41.1 Å². The van der Waals surface area contributed by atoms with Crippen molar-refractivity contribution in [3.05, 3.63) is 71.8 Å². The summed E-state index contributed by atoms with van der Waals surface area (Å²) in [6, 6.07) is 10.8. The predicted octanol–water partition coefficient (Wildman–Crippen LogP) is 4.48. The first-order valence-corrected chi connectivity index (χ1v) is 10.7. The van der Waals surface area contributed by atoms with Crippen molar-refractivity contribution in [2.75, 3.05) is 6.54 Å². The minimum atomic E-state index is -0.362. The van der Waals surface area contributed by atoms with E-state index in [1.165, 1.54) is 18.2 Å².